The van der Waals surface area contributed by atoms with E-state index in [9.17, 15) is 5.11 Å². The van der Waals surface area contributed by atoms with Crippen molar-refractivity contribution in [2.75, 3.05) is 6.61 Å². The van der Waals surface area contributed by atoms with Gasteiger partial charge in [-0.05, 0) is 19.4 Å². The monoisotopic (exact) mass is 190 g/mol. The molecule has 1 aliphatic heterocycles. The number of para-hydroxylation sites is 1. The molecule has 2 nitrogen and oxygen atoms in total. The summed E-state index contributed by atoms with van der Waals surface area (Å²) in [6.45, 7) is 2.72. The first-order valence-corrected chi connectivity index (χ1v) is 4.82. The Labute approximate surface area is 83.8 Å². The predicted octanol–water partition coefficient (Wildman–Crippen LogP) is 2.80. The first kappa shape index (κ1) is 9.28. The summed E-state index contributed by atoms with van der Waals surface area (Å²) in [4.78, 5) is 0. The van der Waals surface area contributed by atoms with Crippen LogP contribution in [-0.4, -0.2) is 11.7 Å². The Balaban J connectivity index is 2.21. The van der Waals surface area contributed by atoms with Crippen LogP contribution in [0.2, 0.25) is 0 Å². The normalized spacial score (nSPS) is 21.8. The van der Waals surface area contributed by atoms with Crippen molar-refractivity contribution in [1.82, 2.24) is 0 Å². The maximum Gasteiger partial charge on any atom is 0.121 e. The molecule has 14 heavy (non-hydrogen) atoms. The lowest BCUT2D eigenvalue weighted by Crippen LogP contribution is -2.10. The third-order valence-electron chi connectivity index (χ3n) is 2.48. The molecule has 1 N–H and O–H groups in total. The zero-order valence-corrected chi connectivity index (χ0v) is 8.23. The highest BCUT2D eigenvalue weighted by Gasteiger charge is 2.17. The molecule has 0 spiro atoms. The highest BCUT2D eigenvalue weighted by molar-refractivity contribution is 5.34. The lowest BCUT2D eigenvalue weighted by atomic mass is 10.0. The van der Waals surface area contributed by atoms with Crippen molar-refractivity contribution in [3.8, 4) is 5.75 Å². The van der Waals surface area contributed by atoms with Crippen molar-refractivity contribution in [3.63, 3.8) is 0 Å². The summed E-state index contributed by atoms with van der Waals surface area (Å²) in [5.41, 5.74) is 2.15. The minimum atomic E-state index is 0.0138. The molecule has 0 saturated heterocycles. The van der Waals surface area contributed by atoms with Gasteiger partial charge in [0, 0.05) is 5.56 Å². The number of hydrogen-bond donors (Lipinski definition) is 1. The molecule has 0 aromatic heterocycles. The highest BCUT2D eigenvalue weighted by atomic mass is 16.5. The van der Waals surface area contributed by atoms with Crippen LogP contribution in [0.4, 0.5) is 0 Å². The van der Waals surface area contributed by atoms with Gasteiger partial charge in [-0.2, -0.15) is 0 Å². The first-order valence-electron chi connectivity index (χ1n) is 4.82. The SMILES string of the molecule is CC1=CCC(c2ccccc2O)OC1. The molecule has 1 aliphatic rings. The van der Waals surface area contributed by atoms with E-state index in [1.165, 1.54) is 5.57 Å². The van der Waals surface area contributed by atoms with E-state index in [-0.39, 0.29) is 6.10 Å². The molecule has 0 fully saturated rings. The summed E-state index contributed by atoms with van der Waals surface area (Å²) < 4.78 is 5.63. The molecule has 74 valence electrons. The quantitative estimate of drug-likeness (QED) is 0.690. The van der Waals surface area contributed by atoms with Gasteiger partial charge in [0.2, 0.25) is 0 Å². The van der Waals surface area contributed by atoms with Crippen molar-refractivity contribution in [2.45, 2.75) is 19.4 Å². The summed E-state index contributed by atoms with van der Waals surface area (Å²) >= 11 is 0. The van der Waals surface area contributed by atoms with Gasteiger partial charge in [0.15, 0.2) is 0 Å². The van der Waals surface area contributed by atoms with Gasteiger partial charge in [-0.3, -0.25) is 0 Å². The molecule has 0 aliphatic carbocycles. The van der Waals surface area contributed by atoms with Gasteiger partial charge >= 0.3 is 0 Å². The summed E-state index contributed by atoms with van der Waals surface area (Å²) in [6.07, 6.45) is 3.03. The fourth-order valence-electron chi connectivity index (χ4n) is 1.64. The number of phenols is 1. The van der Waals surface area contributed by atoms with Crippen LogP contribution in [-0.2, 0) is 4.74 Å². The minimum absolute atomic E-state index is 0.0138. The molecule has 1 aromatic rings. The second-order valence-electron chi connectivity index (χ2n) is 3.64. The average Bonchev–Trinajstić information content (AvgIpc) is 2.20. The third-order valence-corrected chi connectivity index (χ3v) is 2.48. The van der Waals surface area contributed by atoms with E-state index >= 15 is 0 Å². The van der Waals surface area contributed by atoms with E-state index < -0.39 is 0 Å². The third kappa shape index (κ3) is 1.80. The Morgan fingerprint density at radius 1 is 1.36 bits per heavy atom. The molecule has 0 radical (unpaired) electrons. The number of rotatable bonds is 1. The summed E-state index contributed by atoms with van der Waals surface area (Å²) in [5, 5.41) is 9.63. The van der Waals surface area contributed by atoms with E-state index in [2.05, 4.69) is 13.0 Å². The van der Waals surface area contributed by atoms with Crippen molar-refractivity contribution in [2.24, 2.45) is 0 Å². The molecular formula is C12H14O2. The van der Waals surface area contributed by atoms with Gasteiger partial charge in [0.25, 0.3) is 0 Å². The van der Waals surface area contributed by atoms with Crippen molar-refractivity contribution < 1.29 is 9.84 Å². The molecule has 1 aromatic carbocycles. The lowest BCUT2D eigenvalue weighted by molar-refractivity contribution is 0.0600. The summed E-state index contributed by atoms with van der Waals surface area (Å²) in [6, 6.07) is 7.35. The molecule has 1 heterocycles. The van der Waals surface area contributed by atoms with Crippen LogP contribution in [0.25, 0.3) is 0 Å². The Hall–Kier alpha value is -1.28. The van der Waals surface area contributed by atoms with E-state index in [1.54, 1.807) is 6.07 Å². The van der Waals surface area contributed by atoms with Crippen LogP contribution in [0.5, 0.6) is 5.75 Å². The van der Waals surface area contributed by atoms with Gasteiger partial charge in [0.05, 0.1) is 12.7 Å². The Kier molecular flexibility index (Phi) is 2.55. The van der Waals surface area contributed by atoms with Gasteiger partial charge in [-0.15, -0.1) is 0 Å². The van der Waals surface area contributed by atoms with Gasteiger partial charge in [-0.1, -0.05) is 29.8 Å². The number of phenolic OH excluding ortho intramolecular Hbond substituents is 1. The van der Waals surface area contributed by atoms with E-state index in [4.69, 9.17) is 4.74 Å². The Morgan fingerprint density at radius 3 is 2.79 bits per heavy atom. The maximum absolute atomic E-state index is 9.63. The fourth-order valence-corrected chi connectivity index (χ4v) is 1.64. The van der Waals surface area contributed by atoms with Crippen molar-refractivity contribution >= 4 is 0 Å². The Bertz CT molecular complexity index is 355. The summed E-state index contributed by atoms with van der Waals surface area (Å²) in [7, 11) is 0. The lowest BCUT2D eigenvalue weighted by Gasteiger charge is -2.22. The van der Waals surface area contributed by atoms with Crippen LogP contribution < -0.4 is 0 Å². The summed E-state index contributed by atoms with van der Waals surface area (Å²) in [5.74, 6) is 0.324. The molecule has 2 rings (SSSR count). The van der Waals surface area contributed by atoms with Crippen LogP contribution in [0.3, 0.4) is 0 Å². The average molecular weight is 190 g/mol. The van der Waals surface area contributed by atoms with Gasteiger partial charge in [0.1, 0.15) is 5.75 Å². The van der Waals surface area contributed by atoms with E-state index in [1.807, 2.05) is 18.2 Å². The Morgan fingerprint density at radius 2 is 2.14 bits per heavy atom. The first-order chi connectivity index (χ1) is 6.77. The molecule has 0 amide bonds. The zero-order valence-electron chi connectivity index (χ0n) is 8.23. The van der Waals surface area contributed by atoms with Crippen molar-refractivity contribution in [3.05, 3.63) is 41.5 Å². The largest absolute Gasteiger partial charge is 0.508 e. The van der Waals surface area contributed by atoms with E-state index in [0.29, 0.717) is 12.4 Å². The minimum Gasteiger partial charge on any atom is -0.508 e. The number of hydrogen-bond acceptors (Lipinski definition) is 2. The van der Waals surface area contributed by atoms with Crippen LogP contribution in [0.1, 0.15) is 25.0 Å². The molecule has 0 bridgehead atoms. The van der Waals surface area contributed by atoms with Crippen molar-refractivity contribution in [1.29, 1.82) is 0 Å². The molecular weight excluding hydrogens is 176 g/mol. The standard InChI is InChI=1S/C12H14O2/c1-9-6-7-12(14-8-9)10-4-2-3-5-11(10)13/h2-6,12-13H,7-8H2,1H3. The second kappa shape index (κ2) is 3.84. The fraction of sp³-hybridized carbons (Fsp3) is 0.333. The van der Waals surface area contributed by atoms with Gasteiger partial charge in [-0.25, -0.2) is 0 Å². The highest BCUT2D eigenvalue weighted by Crippen LogP contribution is 2.32. The smallest absolute Gasteiger partial charge is 0.121 e. The van der Waals surface area contributed by atoms with Crippen LogP contribution >= 0.6 is 0 Å². The maximum atomic E-state index is 9.63. The number of benzene rings is 1. The van der Waals surface area contributed by atoms with Crippen LogP contribution in [0, 0.1) is 0 Å². The van der Waals surface area contributed by atoms with Gasteiger partial charge < -0.3 is 9.84 Å². The molecule has 0 saturated carbocycles. The predicted molar refractivity (Wildman–Crippen MR) is 55.2 cm³/mol. The molecule has 1 unspecified atom stereocenters. The van der Waals surface area contributed by atoms with E-state index in [0.717, 1.165) is 12.0 Å². The van der Waals surface area contributed by atoms with Crippen LogP contribution in [0.15, 0.2) is 35.9 Å². The zero-order chi connectivity index (χ0) is 9.97. The second-order valence-corrected chi connectivity index (χ2v) is 3.64. The molecule has 1 atom stereocenters. The number of aromatic hydroxyl groups is 1. The number of ether oxygens (including phenoxy) is 1. The topological polar surface area (TPSA) is 29.5 Å². The molecule has 2 heteroatoms.